The summed E-state index contributed by atoms with van der Waals surface area (Å²) in [5.74, 6) is 0.477. The summed E-state index contributed by atoms with van der Waals surface area (Å²) in [6, 6.07) is 19.1. The van der Waals surface area contributed by atoms with Crippen LogP contribution in [-0.2, 0) is 11.9 Å². The number of fused-ring (bicyclic) bond motifs is 1. The van der Waals surface area contributed by atoms with Crippen molar-refractivity contribution in [2.24, 2.45) is 0 Å². The van der Waals surface area contributed by atoms with Gasteiger partial charge in [0.15, 0.2) is 5.58 Å². The summed E-state index contributed by atoms with van der Waals surface area (Å²) < 4.78 is 43.8. The van der Waals surface area contributed by atoms with Gasteiger partial charge in [0, 0.05) is 11.3 Å². The maximum atomic E-state index is 12.7. The third-order valence-electron chi connectivity index (χ3n) is 4.37. The molecule has 0 atom stereocenters. The van der Waals surface area contributed by atoms with E-state index in [1.807, 2.05) is 43.3 Å². The van der Waals surface area contributed by atoms with Gasteiger partial charge in [0.2, 0.25) is 0 Å². The topological polar surface area (TPSA) is 26.0 Å². The number of alkyl halides is 3. The molecule has 0 aliphatic carbocycles. The fourth-order valence-corrected chi connectivity index (χ4v) is 3.76. The summed E-state index contributed by atoms with van der Waals surface area (Å²) in [5.41, 5.74) is 4.82. The molecule has 0 saturated carbocycles. The van der Waals surface area contributed by atoms with Gasteiger partial charge in [-0.15, -0.1) is 0 Å². The van der Waals surface area contributed by atoms with Crippen LogP contribution < -0.4 is 0 Å². The normalized spacial score (nSPS) is 11.9. The molecule has 28 heavy (non-hydrogen) atoms. The van der Waals surface area contributed by atoms with E-state index in [1.165, 1.54) is 23.9 Å². The van der Waals surface area contributed by atoms with Crippen molar-refractivity contribution in [2.45, 2.75) is 24.1 Å². The van der Waals surface area contributed by atoms with E-state index >= 15 is 0 Å². The molecule has 0 aliphatic heterocycles. The van der Waals surface area contributed by atoms with Crippen LogP contribution in [0.25, 0.3) is 22.2 Å². The van der Waals surface area contributed by atoms with Crippen molar-refractivity contribution in [3.8, 4) is 11.1 Å². The number of oxazole rings is 1. The minimum Gasteiger partial charge on any atom is -0.431 e. The van der Waals surface area contributed by atoms with E-state index in [4.69, 9.17) is 4.42 Å². The third kappa shape index (κ3) is 3.92. The number of benzene rings is 3. The summed E-state index contributed by atoms with van der Waals surface area (Å²) in [7, 11) is 0. The summed E-state index contributed by atoms with van der Waals surface area (Å²) in [4.78, 5) is 4.61. The first kappa shape index (κ1) is 18.6. The minimum atomic E-state index is -4.32. The standard InChI is InChI=1S/C22H16F3NOS/c1-14-4-2-5-16(12-14)18-6-3-7-19-20(18)26-21(27-19)28-13-15-8-10-17(11-9-15)22(23,24)25/h2-12H,13H2,1H3. The van der Waals surface area contributed by atoms with Gasteiger partial charge in [0.05, 0.1) is 5.56 Å². The van der Waals surface area contributed by atoms with Crippen LogP contribution in [0.1, 0.15) is 16.7 Å². The summed E-state index contributed by atoms with van der Waals surface area (Å²) in [6.45, 7) is 2.04. The van der Waals surface area contributed by atoms with Crippen LogP contribution in [0.2, 0.25) is 0 Å². The molecule has 6 heteroatoms. The fraction of sp³-hybridized carbons (Fsp3) is 0.136. The highest BCUT2D eigenvalue weighted by molar-refractivity contribution is 7.98. The Balaban J connectivity index is 1.56. The van der Waals surface area contributed by atoms with Crippen molar-refractivity contribution >= 4 is 22.9 Å². The molecular formula is C22H16F3NOS. The lowest BCUT2D eigenvalue weighted by Crippen LogP contribution is -2.04. The molecule has 0 spiro atoms. The zero-order chi connectivity index (χ0) is 19.7. The molecule has 0 radical (unpaired) electrons. The maximum Gasteiger partial charge on any atom is 0.416 e. The zero-order valence-corrected chi connectivity index (χ0v) is 15.8. The van der Waals surface area contributed by atoms with Gasteiger partial charge in [0.25, 0.3) is 5.22 Å². The quantitative estimate of drug-likeness (QED) is 0.342. The predicted molar refractivity (Wildman–Crippen MR) is 105 cm³/mol. The molecule has 2 nitrogen and oxygen atoms in total. The van der Waals surface area contributed by atoms with E-state index in [1.54, 1.807) is 0 Å². The van der Waals surface area contributed by atoms with Crippen molar-refractivity contribution in [3.05, 3.63) is 83.4 Å². The molecule has 0 unspecified atom stereocenters. The zero-order valence-electron chi connectivity index (χ0n) is 15.0. The molecule has 4 rings (SSSR count). The number of thioether (sulfide) groups is 1. The number of hydrogen-bond acceptors (Lipinski definition) is 3. The van der Waals surface area contributed by atoms with Crippen LogP contribution in [0.4, 0.5) is 13.2 Å². The SMILES string of the molecule is Cc1cccc(-c2cccc3oc(SCc4ccc(C(F)(F)F)cc4)nc23)c1. The molecule has 1 aromatic heterocycles. The van der Waals surface area contributed by atoms with E-state index in [0.717, 1.165) is 39.9 Å². The highest BCUT2D eigenvalue weighted by Crippen LogP contribution is 2.33. The first-order valence-corrected chi connectivity index (χ1v) is 9.64. The minimum absolute atomic E-state index is 0.477. The van der Waals surface area contributed by atoms with Crippen LogP contribution in [0, 0.1) is 6.92 Å². The average Bonchev–Trinajstić information content (AvgIpc) is 3.09. The van der Waals surface area contributed by atoms with E-state index in [0.29, 0.717) is 16.6 Å². The van der Waals surface area contributed by atoms with E-state index in [9.17, 15) is 13.2 Å². The van der Waals surface area contributed by atoms with Gasteiger partial charge in [-0.1, -0.05) is 65.9 Å². The van der Waals surface area contributed by atoms with Gasteiger partial charge in [0.1, 0.15) is 5.52 Å². The Morgan fingerprint density at radius 3 is 2.43 bits per heavy atom. The molecule has 0 fully saturated rings. The van der Waals surface area contributed by atoms with Crippen LogP contribution in [0.15, 0.2) is 76.4 Å². The lowest BCUT2D eigenvalue weighted by molar-refractivity contribution is -0.137. The first-order chi connectivity index (χ1) is 13.4. The smallest absolute Gasteiger partial charge is 0.416 e. The monoisotopic (exact) mass is 399 g/mol. The van der Waals surface area contributed by atoms with Gasteiger partial charge >= 0.3 is 6.18 Å². The molecule has 4 aromatic rings. The second-order valence-electron chi connectivity index (χ2n) is 6.48. The van der Waals surface area contributed by atoms with Gasteiger partial charge in [-0.25, -0.2) is 4.98 Å². The Morgan fingerprint density at radius 2 is 1.71 bits per heavy atom. The van der Waals surface area contributed by atoms with Gasteiger partial charge in [-0.3, -0.25) is 0 Å². The van der Waals surface area contributed by atoms with Gasteiger partial charge < -0.3 is 4.42 Å². The molecule has 1 heterocycles. The summed E-state index contributed by atoms with van der Waals surface area (Å²) in [5, 5.41) is 0.495. The third-order valence-corrected chi connectivity index (χ3v) is 5.27. The molecule has 0 bridgehead atoms. The number of para-hydroxylation sites is 1. The Labute approximate surface area is 164 Å². The number of halogens is 3. The summed E-state index contributed by atoms with van der Waals surface area (Å²) >= 11 is 1.36. The average molecular weight is 399 g/mol. The largest absolute Gasteiger partial charge is 0.431 e. The lowest BCUT2D eigenvalue weighted by atomic mass is 10.0. The highest BCUT2D eigenvalue weighted by Gasteiger charge is 2.29. The van der Waals surface area contributed by atoms with Crippen LogP contribution >= 0.6 is 11.8 Å². The van der Waals surface area contributed by atoms with Crippen molar-refractivity contribution in [1.29, 1.82) is 0 Å². The molecule has 0 aliphatic rings. The van der Waals surface area contributed by atoms with Crippen LogP contribution in [0.3, 0.4) is 0 Å². The van der Waals surface area contributed by atoms with E-state index in [-0.39, 0.29) is 0 Å². The number of aromatic nitrogens is 1. The van der Waals surface area contributed by atoms with E-state index in [2.05, 4.69) is 11.1 Å². The highest BCUT2D eigenvalue weighted by atomic mass is 32.2. The Hall–Kier alpha value is -2.73. The molecule has 0 N–H and O–H groups in total. The van der Waals surface area contributed by atoms with Crippen molar-refractivity contribution in [1.82, 2.24) is 4.98 Å². The molecule has 142 valence electrons. The van der Waals surface area contributed by atoms with Crippen molar-refractivity contribution < 1.29 is 17.6 Å². The van der Waals surface area contributed by atoms with Crippen molar-refractivity contribution in [2.75, 3.05) is 0 Å². The number of rotatable bonds is 4. The Bertz CT molecular complexity index is 1120. The number of aryl methyl sites for hydroxylation is 1. The Kier molecular flexibility index (Phi) is 4.89. The molecule has 3 aromatic carbocycles. The summed E-state index contributed by atoms with van der Waals surface area (Å²) in [6.07, 6.45) is -4.32. The van der Waals surface area contributed by atoms with Crippen LogP contribution in [0.5, 0.6) is 0 Å². The second-order valence-corrected chi connectivity index (χ2v) is 7.41. The first-order valence-electron chi connectivity index (χ1n) is 8.66. The molecule has 0 amide bonds. The molecule has 0 saturated heterocycles. The lowest BCUT2D eigenvalue weighted by Gasteiger charge is -2.06. The van der Waals surface area contributed by atoms with E-state index < -0.39 is 11.7 Å². The van der Waals surface area contributed by atoms with Gasteiger partial charge in [-0.2, -0.15) is 13.2 Å². The fourth-order valence-electron chi connectivity index (χ4n) is 2.97. The predicted octanol–water partition coefficient (Wildman–Crippen LogP) is 7.11. The molecular weight excluding hydrogens is 383 g/mol. The number of nitrogens with zero attached hydrogens (tertiary/aromatic N) is 1. The maximum absolute atomic E-state index is 12.7. The number of hydrogen-bond donors (Lipinski definition) is 0. The Morgan fingerprint density at radius 1 is 0.964 bits per heavy atom. The van der Waals surface area contributed by atoms with Gasteiger partial charge in [-0.05, 0) is 36.2 Å². The van der Waals surface area contributed by atoms with Crippen molar-refractivity contribution in [3.63, 3.8) is 0 Å². The van der Waals surface area contributed by atoms with Crippen LogP contribution in [-0.4, -0.2) is 4.98 Å². The second kappa shape index (κ2) is 7.36.